The molecule has 3 heteroatoms. The zero-order valence-corrected chi connectivity index (χ0v) is 13.0. The van der Waals surface area contributed by atoms with Crippen LogP contribution in [-0.4, -0.2) is 18.3 Å². The summed E-state index contributed by atoms with van der Waals surface area (Å²) in [7, 11) is 1.63. The molecule has 0 aromatic heterocycles. The predicted octanol–water partition coefficient (Wildman–Crippen LogP) is 3.87. The topological polar surface area (TPSA) is 38.7 Å². The summed E-state index contributed by atoms with van der Waals surface area (Å²) in [5, 5.41) is 10.6. The molecule has 2 rings (SSSR count). The number of ether oxygens (including phenoxy) is 2. The van der Waals surface area contributed by atoms with E-state index in [1.807, 2.05) is 63.2 Å². The zero-order chi connectivity index (χ0) is 15.4. The van der Waals surface area contributed by atoms with Crippen LogP contribution in [0.3, 0.4) is 0 Å². The van der Waals surface area contributed by atoms with Gasteiger partial charge in [0, 0.05) is 0 Å². The van der Waals surface area contributed by atoms with E-state index in [4.69, 9.17) is 9.47 Å². The summed E-state index contributed by atoms with van der Waals surface area (Å²) < 4.78 is 11.0. The van der Waals surface area contributed by atoms with Gasteiger partial charge in [0.25, 0.3) is 0 Å². The summed E-state index contributed by atoms with van der Waals surface area (Å²) in [4.78, 5) is 0. The summed E-state index contributed by atoms with van der Waals surface area (Å²) >= 11 is 0. The maximum absolute atomic E-state index is 10.6. The number of hydrogen-bond acceptors (Lipinski definition) is 3. The molecule has 0 spiro atoms. The minimum atomic E-state index is -0.699. The molecule has 21 heavy (non-hydrogen) atoms. The van der Waals surface area contributed by atoms with Crippen LogP contribution < -0.4 is 9.47 Å². The second-order valence-electron chi connectivity index (χ2n) is 5.37. The minimum Gasteiger partial charge on any atom is -0.496 e. The Labute approximate surface area is 126 Å². The molecule has 0 bridgehead atoms. The molecule has 1 unspecified atom stereocenters. The molecule has 0 fully saturated rings. The van der Waals surface area contributed by atoms with Gasteiger partial charge in [-0.25, -0.2) is 0 Å². The molecule has 0 heterocycles. The largest absolute Gasteiger partial charge is 0.496 e. The number of benzene rings is 2. The number of methoxy groups -OCH3 is 1. The summed E-state index contributed by atoms with van der Waals surface area (Å²) in [6, 6.07) is 13.3. The van der Waals surface area contributed by atoms with Crippen LogP contribution in [0.2, 0.25) is 0 Å². The van der Waals surface area contributed by atoms with E-state index in [0.29, 0.717) is 0 Å². The van der Waals surface area contributed by atoms with Crippen LogP contribution in [0.5, 0.6) is 11.5 Å². The van der Waals surface area contributed by atoms with E-state index >= 15 is 0 Å². The third kappa shape index (κ3) is 3.76. The van der Waals surface area contributed by atoms with Crippen molar-refractivity contribution in [1.82, 2.24) is 0 Å². The highest BCUT2D eigenvalue weighted by atomic mass is 16.5. The summed E-state index contributed by atoms with van der Waals surface area (Å²) in [6.07, 6.45) is -0.591. The molecule has 0 aliphatic rings. The highest BCUT2D eigenvalue weighted by molar-refractivity contribution is 5.41. The fourth-order valence-corrected chi connectivity index (χ4v) is 2.23. The number of hydrogen-bond donors (Lipinski definition) is 1. The van der Waals surface area contributed by atoms with Crippen molar-refractivity contribution in [2.24, 2.45) is 0 Å². The lowest BCUT2D eigenvalue weighted by atomic mass is 10.00. The maximum atomic E-state index is 10.6. The Hall–Kier alpha value is -2.00. The Balaban J connectivity index is 2.29. The van der Waals surface area contributed by atoms with Crippen molar-refractivity contribution in [3.63, 3.8) is 0 Å². The van der Waals surface area contributed by atoms with E-state index in [-0.39, 0.29) is 6.10 Å². The molecular weight excluding hydrogens is 264 g/mol. The lowest BCUT2D eigenvalue weighted by Crippen LogP contribution is -2.06. The standard InChI is InChI=1S/C18H22O3/c1-12(2)21-16-7-5-6-14(10-16)18(19)15-9-8-13(3)17(11-15)20-4/h5-12,18-19H,1-4H3. The van der Waals surface area contributed by atoms with Crippen molar-refractivity contribution >= 4 is 0 Å². The molecular formula is C18H22O3. The predicted molar refractivity (Wildman–Crippen MR) is 84.0 cm³/mol. The van der Waals surface area contributed by atoms with Gasteiger partial charge >= 0.3 is 0 Å². The van der Waals surface area contributed by atoms with E-state index in [1.54, 1.807) is 7.11 Å². The van der Waals surface area contributed by atoms with Gasteiger partial charge in [0.05, 0.1) is 13.2 Å². The highest BCUT2D eigenvalue weighted by Crippen LogP contribution is 2.29. The van der Waals surface area contributed by atoms with Crippen LogP contribution in [0.4, 0.5) is 0 Å². The van der Waals surface area contributed by atoms with Gasteiger partial charge in [-0.2, -0.15) is 0 Å². The molecule has 3 nitrogen and oxygen atoms in total. The fourth-order valence-electron chi connectivity index (χ4n) is 2.23. The Kier molecular flexibility index (Phi) is 4.86. The van der Waals surface area contributed by atoms with Crippen molar-refractivity contribution < 1.29 is 14.6 Å². The second kappa shape index (κ2) is 6.64. The normalized spacial score (nSPS) is 12.3. The number of aliphatic hydroxyl groups excluding tert-OH is 1. The van der Waals surface area contributed by atoms with Crippen LogP contribution in [0.1, 0.15) is 36.6 Å². The quantitative estimate of drug-likeness (QED) is 0.906. The lowest BCUT2D eigenvalue weighted by Gasteiger charge is -2.16. The van der Waals surface area contributed by atoms with Gasteiger partial charge in [-0.15, -0.1) is 0 Å². The monoisotopic (exact) mass is 286 g/mol. The second-order valence-corrected chi connectivity index (χ2v) is 5.37. The van der Waals surface area contributed by atoms with Crippen LogP contribution in [0.15, 0.2) is 42.5 Å². The first-order valence-corrected chi connectivity index (χ1v) is 7.10. The maximum Gasteiger partial charge on any atom is 0.122 e. The van der Waals surface area contributed by atoms with E-state index in [9.17, 15) is 5.11 Å². The first-order valence-electron chi connectivity index (χ1n) is 7.10. The lowest BCUT2D eigenvalue weighted by molar-refractivity contribution is 0.216. The third-order valence-electron chi connectivity index (χ3n) is 3.29. The van der Waals surface area contributed by atoms with Crippen molar-refractivity contribution in [1.29, 1.82) is 0 Å². The fraction of sp³-hybridized carbons (Fsp3) is 0.333. The van der Waals surface area contributed by atoms with Crippen LogP contribution in [0.25, 0.3) is 0 Å². The van der Waals surface area contributed by atoms with E-state index < -0.39 is 6.10 Å². The van der Waals surface area contributed by atoms with Gasteiger partial charge in [-0.05, 0) is 55.7 Å². The van der Waals surface area contributed by atoms with Gasteiger partial charge in [-0.1, -0.05) is 24.3 Å². The first-order chi connectivity index (χ1) is 10.0. The van der Waals surface area contributed by atoms with Crippen LogP contribution >= 0.6 is 0 Å². The Morgan fingerprint density at radius 1 is 1.00 bits per heavy atom. The molecule has 0 radical (unpaired) electrons. The first kappa shape index (κ1) is 15.4. The van der Waals surface area contributed by atoms with Gasteiger partial charge in [-0.3, -0.25) is 0 Å². The molecule has 0 saturated heterocycles. The summed E-state index contributed by atoms with van der Waals surface area (Å²) in [6.45, 7) is 5.94. The van der Waals surface area contributed by atoms with Crippen molar-refractivity contribution in [3.8, 4) is 11.5 Å². The van der Waals surface area contributed by atoms with Crippen LogP contribution in [0, 0.1) is 6.92 Å². The third-order valence-corrected chi connectivity index (χ3v) is 3.29. The van der Waals surface area contributed by atoms with Crippen molar-refractivity contribution in [2.75, 3.05) is 7.11 Å². The Morgan fingerprint density at radius 3 is 2.38 bits per heavy atom. The van der Waals surface area contributed by atoms with E-state index in [0.717, 1.165) is 28.2 Å². The summed E-state index contributed by atoms with van der Waals surface area (Å²) in [5.74, 6) is 1.54. The molecule has 1 N–H and O–H groups in total. The minimum absolute atomic E-state index is 0.108. The molecule has 2 aromatic rings. The smallest absolute Gasteiger partial charge is 0.122 e. The molecule has 0 amide bonds. The highest BCUT2D eigenvalue weighted by Gasteiger charge is 2.13. The molecule has 2 aromatic carbocycles. The van der Waals surface area contributed by atoms with E-state index in [2.05, 4.69) is 0 Å². The van der Waals surface area contributed by atoms with Crippen molar-refractivity contribution in [3.05, 3.63) is 59.2 Å². The number of aryl methyl sites for hydroxylation is 1. The molecule has 112 valence electrons. The van der Waals surface area contributed by atoms with Gasteiger partial charge in [0.2, 0.25) is 0 Å². The van der Waals surface area contributed by atoms with Gasteiger partial charge in [0.1, 0.15) is 17.6 Å². The number of rotatable bonds is 5. The van der Waals surface area contributed by atoms with Gasteiger partial charge in [0.15, 0.2) is 0 Å². The molecule has 0 saturated carbocycles. The van der Waals surface area contributed by atoms with Crippen molar-refractivity contribution in [2.45, 2.75) is 33.0 Å². The molecule has 0 aliphatic heterocycles. The molecule has 0 aliphatic carbocycles. The van der Waals surface area contributed by atoms with Gasteiger partial charge < -0.3 is 14.6 Å². The average molecular weight is 286 g/mol. The summed E-state index contributed by atoms with van der Waals surface area (Å²) in [5.41, 5.74) is 2.66. The molecule has 1 atom stereocenters. The number of aliphatic hydroxyl groups is 1. The SMILES string of the molecule is COc1cc(C(O)c2cccc(OC(C)C)c2)ccc1C. The van der Waals surface area contributed by atoms with Crippen LogP contribution in [-0.2, 0) is 0 Å². The Bertz CT molecular complexity index is 605. The average Bonchev–Trinajstić information content (AvgIpc) is 2.46. The van der Waals surface area contributed by atoms with E-state index in [1.165, 1.54) is 0 Å². The Morgan fingerprint density at radius 2 is 1.71 bits per heavy atom. The zero-order valence-electron chi connectivity index (χ0n) is 13.0.